The molecular formula is C20H20FN4OPS. The first-order valence-corrected chi connectivity index (χ1v) is 11.6. The predicted octanol–water partition coefficient (Wildman–Crippen LogP) is 4.31. The third-order valence-corrected chi connectivity index (χ3v) is 8.88. The van der Waals surface area contributed by atoms with Gasteiger partial charge in [0.15, 0.2) is 12.2 Å². The number of halogens is 1. The van der Waals surface area contributed by atoms with E-state index in [9.17, 15) is 4.39 Å². The second kappa shape index (κ2) is 7.24. The monoisotopic (exact) mass is 414 g/mol. The van der Waals surface area contributed by atoms with Crippen LogP contribution in [0.25, 0.3) is 5.69 Å². The molecule has 0 saturated carbocycles. The molecule has 1 unspecified atom stereocenters. The quantitative estimate of drug-likeness (QED) is 0.597. The molecule has 1 aliphatic heterocycles. The predicted molar refractivity (Wildman–Crippen MR) is 114 cm³/mol. The van der Waals surface area contributed by atoms with Crippen molar-refractivity contribution in [3.05, 3.63) is 71.7 Å². The Kier molecular flexibility index (Phi) is 4.91. The largest absolute Gasteiger partial charge is 0.331 e. The summed E-state index contributed by atoms with van der Waals surface area (Å²) < 4.78 is 23.3. The van der Waals surface area contributed by atoms with Crippen LogP contribution in [0.3, 0.4) is 0 Å². The molecule has 2 heterocycles. The van der Waals surface area contributed by atoms with Crippen LogP contribution in [0, 0.1) is 12.7 Å². The second-order valence-electron chi connectivity index (χ2n) is 6.41. The van der Waals surface area contributed by atoms with Gasteiger partial charge in [-0.15, -0.1) is 0 Å². The summed E-state index contributed by atoms with van der Waals surface area (Å²) in [6, 6.07) is 16.1. The molecule has 3 aromatic rings. The van der Waals surface area contributed by atoms with Gasteiger partial charge in [0.25, 0.3) is 0 Å². The van der Waals surface area contributed by atoms with Crippen LogP contribution >= 0.6 is 6.42 Å². The highest BCUT2D eigenvalue weighted by Crippen LogP contribution is 2.55. The Hall–Kier alpha value is -2.34. The highest BCUT2D eigenvalue weighted by Gasteiger charge is 2.40. The van der Waals surface area contributed by atoms with E-state index in [1.807, 2.05) is 55.9 Å². The van der Waals surface area contributed by atoms with Gasteiger partial charge < -0.3 is 9.19 Å². The van der Waals surface area contributed by atoms with E-state index in [1.165, 1.54) is 12.1 Å². The van der Waals surface area contributed by atoms with E-state index in [4.69, 9.17) is 26.4 Å². The van der Waals surface area contributed by atoms with Crippen LogP contribution < -0.4 is 5.30 Å². The molecule has 8 heteroatoms. The lowest BCUT2D eigenvalue weighted by atomic mass is 10.2. The number of fused-ring (bicyclic) bond motifs is 1. The second-order valence-corrected chi connectivity index (χ2v) is 10.2. The van der Waals surface area contributed by atoms with E-state index in [-0.39, 0.29) is 5.82 Å². The van der Waals surface area contributed by atoms with Gasteiger partial charge in [-0.25, -0.2) is 14.1 Å². The Balaban J connectivity index is 1.99. The highest BCUT2D eigenvalue weighted by molar-refractivity contribution is 8.15. The van der Waals surface area contributed by atoms with E-state index in [0.717, 1.165) is 22.2 Å². The van der Waals surface area contributed by atoms with Gasteiger partial charge in [0, 0.05) is 12.6 Å². The number of benzene rings is 2. The topological polar surface area (TPSA) is 42.6 Å². The summed E-state index contributed by atoms with van der Waals surface area (Å²) in [6.07, 6.45) is -2.61. The van der Waals surface area contributed by atoms with Crippen molar-refractivity contribution in [3.63, 3.8) is 0 Å². The Morgan fingerprint density at radius 1 is 1.11 bits per heavy atom. The Morgan fingerprint density at radius 3 is 2.43 bits per heavy atom. The minimum atomic E-state index is -2.61. The highest BCUT2D eigenvalue weighted by atomic mass is 32.4. The lowest BCUT2D eigenvalue weighted by molar-refractivity contribution is 0.363. The van der Waals surface area contributed by atoms with Crippen molar-refractivity contribution >= 4 is 35.2 Å². The number of hydrogen-bond acceptors (Lipinski definition) is 4. The molecule has 1 aliphatic rings. The van der Waals surface area contributed by atoms with E-state index in [0.29, 0.717) is 18.3 Å². The van der Waals surface area contributed by atoms with Gasteiger partial charge in [0.2, 0.25) is 0 Å². The molecule has 2 aromatic carbocycles. The van der Waals surface area contributed by atoms with Gasteiger partial charge in [0.1, 0.15) is 11.7 Å². The van der Waals surface area contributed by atoms with Crippen LogP contribution in [0.2, 0.25) is 0 Å². The van der Waals surface area contributed by atoms with Crippen molar-refractivity contribution in [2.45, 2.75) is 13.8 Å². The molecule has 0 bridgehead atoms. The molecule has 4 rings (SSSR count). The lowest BCUT2D eigenvalue weighted by Gasteiger charge is -2.36. The number of aryl methyl sites for hydroxylation is 1. The summed E-state index contributed by atoms with van der Waals surface area (Å²) in [5, 5.41) is 5.58. The molecule has 0 N–H and O–H groups in total. The minimum absolute atomic E-state index is 0.294. The van der Waals surface area contributed by atoms with E-state index >= 15 is 0 Å². The molecule has 0 amide bonds. The molecular weight excluding hydrogens is 394 g/mol. The summed E-state index contributed by atoms with van der Waals surface area (Å²) in [4.78, 5) is 4.90. The zero-order valence-corrected chi connectivity index (χ0v) is 17.5. The summed E-state index contributed by atoms with van der Waals surface area (Å²) in [7, 11) is 1.89. The van der Waals surface area contributed by atoms with Gasteiger partial charge >= 0.3 is 0 Å². The number of aliphatic imine (C=N–C) groups is 1. The summed E-state index contributed by atoms with van der Waals surface area (Å²) >= 11 is 6.09. The Bertz CT molecular complexity index is 1100. The first kappa shape index (κ1) is 19.0. The van der Waals surface area contributed by atoms with Crippen LogP contribution in [0.4, 0.5) is 10.2 Å². The van der Waals surface area contributed by atoms with Crippen molar-refractivity contribution in [3.8, 4) is 5.69 Å². The maximum absolute atomic E-state index is 13.4. The first-order chi connectivity index (χ1) is 13.5. The van der Waals surface area contributed by atoms with Gasteiger partial charge in [-0.2, -0.15) is 5.10 Å². The van der Waals surface area contributed by atoms with Crippen molar-refractivity contribution in [2.75, 3.05) is 13.7 Å². The Labute approximate surface area is 168 Å². The summed E-state index contributed by atoms with van der Waals surface area (Å²) in [5.74, 6) is 1.04. The van der Waals surface area contributed by atoms with Crippen LogP contribution in [-0.2, 0) is 16.3 Å². The number of aromatic nitrogens is 2. The smallest absolute Gasteiger partial charge is 0.192 e. The number of para-hydroxylation sites is 1. The lowest BCUT2D eigenvalue weighted by Crippen LogP contribution is -2.34. The molecule has 0 aliphatic carbocycles. The normalized spacial score (nSPS) is 18.7. The Morgan fingerprint density at radius 2 is 1.79 bits per heavy atom. The van der Waals surface area contributed by atoms with Crippen molar-refractivity contribution < 1.29 is 8.91 Å². The minimum Gasteiger partial charge on any atom is -0.331 e. The SMILES string of the molecule is CCOP1(=S)c2c(C)nn(-c3ccccc3)c2N=C(c2ccc(F)cc2)N1C. The molecule has 0 spiro atoms. The molecule has 1 aromatic heterocycles. The zero-order chi connectivity index (χ0) is 19.9. The van der Waals surface area contributed by atoms with Gasteiger partial charge in [-0.1, -0.05) is 18.2 Å². The molecule has 1 atom stereocenters. The molecule has 144 valence electrons. The van der Waals surface area contributed by atoms with E-state index in [2.05, 4.69) is 0 Å². The number of amidine groups is 1. The average molecular weight is 414 g/mol. The molecule has 5 nitrogen and oxygen atoms in total. The molecule has 0 fully saturated rings. The van der Waals surface area contributed by atoms with Crippen LogP contribution in [0.5, 0.6) is 0 Å². The van der Waals surface area contributed by atoms with Gasteiger partial charge in [-0.05, 0) is 62.1 Å². The zero-order valence-electron chi connectivity index (χ0n) is 15.8. The maximum Gasteiger partial charge on any atom is 0.192 e. The van der Waals surface area contributed by atoms with Crippen molar-refractivity contribution in [2.24, 2.45) is 4.99 Å². The number of hydrogen-bond donors (Lipinski definition) is 0. The summed E-state index contributed by atoms with van der Waals surface area (Å²) in [6.45, 7) is 4.35. The number of rotatable bonds is 4. The standard InChI is InChI=1S/C20H20FN4OPS/c1-4-26-27(28)18-14(2)23-25(17-8-6-5-7-9-17)20(18)22-19(24(27)3)15-10-12-16(21)13-11-15/h5-13H,4H2,1-3H3. The van der Waals surface area contributed by atoms with Crippen molar-refractivity contribution in [1.82, 2.24) is 14.5 Å². The summed E-state index contributed by atoms with van der Waals surface area (Å²) in [5.41, 5.74) is 2.49. The fraction of sp³-hybridized carbons (Fsp3) is 0.200. The van der Waals surface area contributed by atoms with Crippen LogP contribution in [0.15, 0.2) is 59.6 Å². The number of nitrogens with zero attached hydrogens (tertiary/aromatic N) is 4. The fourth-order valence-electron chi connectivity index (χ4n) is 3.31. The molecule has 28 heavy (non-hydrogen) atoms. The third-order valence-electron chi connectivity index (χ3n) is 4.61. The van der Waals surface area contributed by atoms with Gasteiger partial charge in [-0.3, -0.25) is 0 Å². The van der Waals surface area contributed by atoms with Crippen LogP contribution in [-0.4, -0.2) is 33.9 Å². The third kappa shape index (κ3) is 3.00. The molecule has 0 radical (unpaired) electrons. The maximum atomic E-state index is 13.4. The fourth-order valence-corrected chi connectivity index (χ4v) is 6.71. The van der Waals surface area contributed by atoms with E-state index in [1.54, 1.807) is 16.8 Å². The van der Waals surface area contributed by atoms with E-state index < -0.39 is 6.42 Å². The van der Waals surface area contributed by atoms with Crippen LogP contribution in [0.1, 0.15) is 18.2 Å². The molecule has 0 saturated heterocycles. The average Bonchev–Trinajstić information content (AvgIpc) is 3.03. The van der Waals surface area contributed by atoms with Crippen molar-refractivity contribution in [1.29, 1.82) is 0 Å². The first-order valence-electron chi connectivity index (χ1n) is 8.94. The van der Waals surface area contributed by atoms with Gasteiger partial charge in [0.05, 0.1) is 23.3 Å².